The molecule has 9 nitrogen and oxygen atoms in total. The first-order chi connectivity index (χ1) is 12.6. The predicted molar refractivity (Wildman–Crippen MR) is 99.6 cm³/mol. The molecule has 0 saturated heterocycles. The molecule has 11 heteroatoms. The van der Waals surface area contributed by atoms with Gasteiger partial charge < -0.3 is 10.6 Å². The van der Waals surface area contributed by atoms with Crippen LogP contribution in [0, 0.1) is 10.1 Å². The van der Waals surface area contributed by atoms with Crippen LogP contribution in [0.2, 0.25) is 5.02 Å². The molecule has 0 heterocycles. The third-order valence-electron chi connectivity index (χ3n) is 3.79. The van der Waals surface area contributed by atoms with E-state index in [1.54, 1.807) is 24.4 Å². The Bertz CT molecular complexity index is 963. The number of sulfonamides is 1. The van der Waals surface area contributed by atoms with Crippen LogP contribution in [0.25, 0.3) is 0 Å². The van der Waals surface area contributed by atoms with Gasteiger partial charge in [0.05, 0.1) is 20.5 Å². The van der Waals surface area contributed by atoms with Crippen LogP contribution in [-0.4, -0.2) is 25.3 Å². The Balaban J connectivity index is 1.98. The quantitative estimate of drug-likeness (QED) is 0.457. The number of hydrogen-bond acceptors (Lipinski definition) is 5. The second-order valence-corrected chi connectivity index (χ2v) is 7.80. The fourth-order valence-electron chi connectivity index (χ4n) is 2.20. The maximum absolute atomic E-state index is 12.3. The zero-order valence-electron chi connectivity index (χ0n) is 14.3. The monoisotopic (exact) mass is 413 g/mol. The van der Waals surface area contributed by atoms with Crippen molar-refractivity contribution >= 4 is 38.9 Å². The van der Waals surface area contributed by atoms with Gasteiger partial charge in [0.2, 0.25) is 10.0 Å². The molecule has 0 aliphatic carbocycles. The van der Waals surface area contributed by atoms with Crippen LogP contribution in [0.1, 0.15) is 12.5 Å². The fraction of sp³-hybridized carbons (Fsp3) is 0.188. The number of primary sulfonamides is 1. The van der Waals surface area contributed by atoms with Gasteiger partial charge in [0, 0.05) is 17.7 Å². The average molecular weight is 414 g/mol. The van der Waals surface area contributed by atoms with E-state index in [0.29, 0.717) is 6.54 Å². The smallest absolute Gasteiger partial charge is 0.282 e. The van der Waals surface area contributed by atoms with Gasteiger partial charge in [-0.3, -0.25) is 14.9 Å². The average Bonchev–Trinajstić information content (AvgIpc) is 2.60. The van der Waals surface area contributed by atoms with E-state index in [9.17, 15) is 23.3 Å². The standard InChI is InChI=1S/C16H17ClN4O5S/c1-10(19-9-11-2-5-13(6-3-11)27(18,25)26)16(22)20-15-8-12(21(23)24)4-7-14(15)17/h2-8,10,19H,9H2,1H3,(H,20,22)(H2,18,25,26)/p+1/t10-/m1/s1. The Kier molecular flexibility index (Phi) is 6.50. The van der Waals surface area contributed by atoms with E-state index in [2.05, 4.69) is 5.32 Å². The van der Waals surface area contributed by atoms with Gasteiger partial charge in [-0.25, -0.2) is 13.6 Å². The molecule has 5 N–H and O–H groups in total. The van der Waals surface area contributed by atoms with E-state index in [1.165, 1.54) is 30.3 Å². The first kappa shape index (κ1) is 20.8. The van der Waals surface area contributed by atoms with Gasteiger partial charge in [0.15, 0.2) is 6.04 Å². The number of nitrogens with two attached hydrogens (primary N) is 2. The first-order valence-electron chi connectivity index (χ1n) is 7.78. The summed E-state index contributed by atoms with van der Waals surface area (Å²) in [7, 11) is -3.75. The Morgan fingerprint density at radius 3 is 2.48 bits per heavy atom. The molecule has 0 bridgehead atoms. The van der Waals surface area contributed by atoms with E-state index in [0.717, 1.165) is 5.56 Å². The molecule has 0 aliphatic rings. The highest BCUT2D eigenvalue weighted by atomic mass is 35.5. The third-order valence-corrected chi connectivity index (χ3v) is 5.05. The van der Waals surface area contributed by atoms with Crippen molar-refractivity contribution in [1.29, 1.82) is 0 Å². The van der Waals surface area contributed by atoms with E-state index >= 15 is 0 Å². The molecule has 2 rings (SSSR count). The summed E-state index contributed by atoms with van der Waals surface area (Å²) < 4.78 is 22.5. The lowest BCUT2D eigenvalue weighted by molar-refractivity contribution is -0.688. The minimum atomic E-state index is -3.75. The highest BCUT2D eigenvalue weighted by molar-refractivity contribution is 7.89. The minimum absolute atomic E-state index is 0.0114. The van der Waals surface area contributed by atoms with Crippen molar-refractivity contribution < 1.29 is 23.5 Å². The predicted octanol–water partition coefficient (Wildman–Crippen LogP) is 0.986. The van der Waals surface area contributed by atoms with Crippen molar-refractivity contribution in [1.82, 2.24) is 0 Å². The number of rotatable bonds is 7. The molecule has 2 aromatic carbocycles. The number of benzene rings is 2. The summed E-state index contributed by atoms with van der Waals surface area (Å²) in [6, 6.07) is 9.28. The number of halogens is 1. The van der Waals surface area contributed by atoms with Crippen LogP contribution in [0.5, 0.6) is 0 Å². The molecule has 1 atom stereocenters. The van der Waals surface area contributed by atoms with Crippen LogP contribution in [0.15, 0.2) is 47.4 Å². The Morgan fingerprint density at radius 2 is 1.93 bits per heavy atom. The molecule has 0 fully saturated rings. The highest BCUT2D eigenvalue weighted by Crippen LogP contribution is 2.26. The third kappa shape index (κ3) is 5.73. The van der Waals surface area contributed by atoms with Gasteiger partial charge in [-0.15, -0.1) is 0 Å². The van der Waals surface area contributed by atoms with Crippen molar-refractivity contribution in [3.63, 3.8) is 0 Å². The molecule has 0 spiro atoms. The molecule has 1 amide bonds. The van der Waals surface area contributed by atoms with E-state index in [1.807, 2.05) is 0 Å². The summed E-state index contributed by atoms with van der Waals surface area (Å²) in [4.78, 5) is 22.5. The first-order valence-corrected chi connectivity index (χ1v) is 9.70. The van der Waals surface area contributed by atoms with Crippen LogP contribution >= 0.6 is 11.6 Å². The van der Waals surface area contributed by atoms with Crippen LogP contribution in [0.4, 0.5) is 11.4 Å². The molecule has 27 heavy (non-hydrogen) atoms. The Labute approximate surface area is 160 Å². The lowest BCUT2D eigenvalue weighted by Gasteiger charge is -2.12. The van der Waals surface area contributed by atoms with Crippen molar-refractivity contribution in [2.24, 2.45) is 5.14 Å². The zero-order valence-corrected chi connectivity index (χ0v) is 15.8. The number of nitrogens with zero attached hydrogens (tertiary/aromatic N) is 1. The molecule has 0 aromatic heterocycles. The molecular formula is C16H18ClN4O5S+. The maximum Gasteiger partial charge on any atom is 0.282 e. The van der Waals surface area contributed by atoms with Gasteiger partial charge in [-0.2, -0.15) is 0 Å². The summed E-state index contributed by atoms with van der Waals surface area (Å²) in [6.07, 6.45) is 0. The molecule has 144 valence electrons. The van der Waals surface area contributed by atoms with Crippen molar-refractivity contribution in [3.8, 4) is 0 Å². The maximum atomic E-state index is 12.3. The number of nitro groups is 1. The molecule has 0 saturated carbocycles. The summed E-state index contributed by atoms with van der Waals surface area (Å²) in [5, 5.41) is 20.4. The van der Waals surface area contributed by atoms with Gasteiger partial charge >= 0.3 is 0 Å². The number of carbonyl (C=O) groups excluding carboxylic acids is 1. The summed E-state index contributed by atoms with van der Waals surface area (Å²) in [5.74, 6) is -0.376. The number of hydrogen-bond donors (Lipinski definition) is 3. The Hall–Kier alpha value is -2.53. The van der Waals surface area contributed by atoms with Crippen LogP contribution in [-0.2, 0) is 21.4 Å². The number of anilines is 1. The molecule has 0 aliphatic heterocycles. The lowest BCUT2D eigenvalue weighted by Crippen LogP contribution is -2.90. The summed E-state index contributed by atoms with van der Waals surface area (Å²) >= 11 is 5.97. The van der Waals surface area contributed by atoms with E-state index in [-0.39, 0.29) is 27.2 Å². The summed E-state index contributed by atoms with van der Waals surface area (Å²) in [5.41, 5.74) is 0.783. The zero-order chi connectivity index (χ0) is 20.2. The number of quaternary nitrogens is 1. The van der Waals surface area contributed by atoms with E-state index < -0.39 is 21.0 Å². The molecule has 2 aromatic rings. The highest BCUT2D eigenvalue weighted by Gasteiger charge is 2.19. The summed E-state index contributed by atoms with van der Waals surface area (Å²) in [6.45, 7) is 2.08. The minimum Gasteiger partial charge on any atom is -0.333 e. The van der Waals surface area contributed by atoms with Gasteiger partial charge in [-0.05, 0) is 25.1 Å². The van der Waals surface area contributed by atoms with Gasteiger partial charge in [0.25, 0.3) is 11.6 Å². The second-order valence-electron chi connectivity index (χ2n) is 5.83. The van der Waals surface area contributed by atoms with Crippen LogP contribution in [0.3, 0.4) is 0 Å². The van der Waals surface area contributed by atoms with E-state index in [4.69, 9.17) is 16.7 Å². The van der Waals surface area contributed by atoms with Crippen LogP contribution < -0.4 is 15.8 Å². The number of carbonyl (C=O) groups is 1. The molecule has 0 unspecified atom stereocenters. The van der Waals surface area contributed by atoms with Crippen molar-refractivity contribution in [2.45, 2.75) is 24.4 Å². The molecule has 0 radical (unpaired) electrons. The van der Waals surface area contributed by atoms with Gasteiger partial charge in [0.1, 0.15) is 6.54 Å². The largest absolute Gasteiger partial charge is 0.333 e. The van der Waals surface area contributed by atoms with Crippen molar-refractivity contribution in [2.75, 3.05) is 5.32 Å². The fourth-order valence-corrected chi connectivity index (χ4v) is 2.88. The van der Waals surface area contributed by atoms with Gasteiger partial charge in [-0.1, -0.05) is 23.7 Å². The lowest BCUT2D eigenvalue weighted by atomic mass is 10.2. The van der Waals surface area contributed by atoms with Crippen molar-refractivity contribution in [3.05, 3.63) is 63.2 Å². The number of non-ortho nitro benzene ring substituents is 1. The topological polar surface area (TPSA) is 149 Å². The second kappa shape index (κ2) is 8.44. The molecular weight excluding hydrogens is 396 g/mol. The normalized spacial score (nSPS) is 12.4. The Morgan fingerprint density at radius 1 is 1.30 bits per heavy atom. The number of nitro benzene ring substituents is 1. The number of nitrogens with one attached hydrogen (secondary N) is 1. The SMILES string of the molecule is C[C@@H]([NH2+]Cc1ccc(S(N)(=O)=O)cc1)C(=O)Nc1cc([N+](=O)[O-])ccc1Cl. The number of amides is 1.